The van der Waals surface area contributed by atoms with Crippen molar-refractivity contribution >= 4 is 11.6 Å². The van der Waals surface area contributed by atoms with E-state index in [9.17, 15) is 4.79 Å². The van der Waals surface area contributed by atoms with Crippen molar-refractivity contribution in [2.75, 3.05) is 5.32 Å². The van der Waals surface area contributed by atoms with Gasteiger partial charge in [-0.3, -0.25) is 4.79 Å². The Bertz CT molecular complexity index is 518. The minimum absolute atomic E-state index is 0.0582. The van der Waals surface area contributed by atoms with Gasteiger partial charge >= 0.3 is 0 Å². The van der Waals surface area contributed by atoms with Crippen molar-refractivity contribution in [2.45, 2.75) is 64.6 Å². The predicted octanol–water partition coefficient (Wildman–Crippen LogP) is 3.45. The fraction of sp³-hybridized carbons (Fsp3) is 0.611. The van der Waals surface area contributed by atoms with Crippen molar-refractivity contribution < 1.29 is 4.79 Å². The first-order chi connectivity index (χ1) is 10.1. The molecule has 1 aromatic rings. The van der Waals surface area contributed by atoms with E-state index in [-0.39, 0.29) is 12.0 Å². The Morgan fingerprint density at radius 1 is 1.14 bits per heavy atom. The molecule has 114 valence electrons. The summed E-state index contributed by atoms with van der Waals surface area (Å²) in [5.74, 6) is 0.395. The molecule has 0 aliphatic carbocycles. The van der Waals surface area contributed by atoms with E-state index in [4.69, 9.17) is 0 Å². The largest absolute Gasteiger partial charge is 0.382 e. The fourth-order valence-electron chi connectivity index (χ4n) is 3.95. The Hall–Kier alpha value is -1.51. The van der Waals surface area contributed by atoms with E-state index in [0.29, 0.717) is 18.0 Å². The summed E-state index contributed by atoms with van der Waals surface area (Å²) in [6.07, 6.45) is 4.38. The lowest BCUT2D eigenvalue weighted by Gasteiger charge is -2.43. The van der Waals surface area contributed by atoms with Crippen molar-refractivity contribution in [3.05, 3.63) is 29.8 Å². The van der Waals surface area contributed by atoms with Crippen LogP contribution in [0, 0.1) is 5.92 Å². The number of carbonyl (C=O) groups is 1. The van der Waals surface area contributed by atoms with Gasteiger partial charge in [-0.25, -0.2) is 0 Å². The maximum Gasteiger partial charge on any atom is 0.228 e. The zero-order chi connectivity index (χ0) is 15.0. The molecule has 1 amide bonds. The number of fused-ring (bicyclic) bond motifs is 1. The number of hydrogen-bond acceptors (Lipinski definition) is 2. The molecule has 0 radical (unpaired) electrons. The van der Waals surface area contributed by atoms with E-state index in [0.717, 1.165) is 19.3 Å². The molecule has 1 aromatic carbocycles. The average molecular weight is 286 g/mol. The topological polar surface area (TPSA) is 32.3 Å². The first kappa shape index (κ1) is 14.4. The Labute approximate surface area is 127 Å². The van der Waals surface area contributed by atoms with Crippen LogP contribution in [-0.2, 0) is 11.2 Å². The summed E-state index contributed by atoms with van der Waals surface area (Å²) in [5, 5.41) is 3.51. The molecule has 1 N–H and O–H groups in total. The molecule has 1 fully saturated rings. The lowest BCUT2D eigenvalue weighted by molar-refractivity contribution is -0.142. The lowest BCUT2D eigenvalue weighted by Crippen LogP contribution is -2.53. The van der Waals surface area contributed by atoms with E-state index >= 15 is 0 Å². The monoisotopic (exact) mass is 286 g/mol. The number of likely N-dealkylation sites (tertiary alicyclic amines) is 1. The van der Waals surface area contributed by atoms with Crippen molar-refractivity contribution in [3.8, 4) is 0 Å². The molecule has 3 rings (SSSR count). The van der Waals surface area contributed by atoms with Gasteiger partial charge in [0.1, 0.15) is 0 Å². The molecule has 2 aliphatic heterocycles. The van der Waals surface area contributed by atoms with Crippen LogP contribution in [0.3, 0.4) is 0 Å². The highest BCUT2D eigenvalue weighted by molar-refractivity contribution is 5.82. The van der Waals surface area contributed by atoms with Gasteiger partial charge in [0.2, 0.25) is 5.91 Å². The van der Waals surface area contributed by atoms with Gasteiger partial charge < -0.3 is 10.2 Å². The van der Waals surface area contributed by atoms with E-state index < -0.39 is 0 Å². The molecular weight excluding hydrogens is 260 g/mol. The number of piperidine rings is 1. The number of anilines is 1. The van der Waals surface area contributed by atoms with Gasteiger partial charge in [-0.15, -0.1) is 0 Å². The van der Waals surface area contributed by atoms with Gasteiger partial charge in [0.05, 0.1) is 5.92 Å². The molecule has 2 unspecified atom stereocenters. The van der Waals surface area contributed by atoms with E-state index in [2.05, 4.69) is 55.3 Å². The minimum atomic E-state index is 0.0582. The third-order valence-electron chi connectivity index (χ3n) is 5.21. The molecule has 21 heavy (non-hydrogen) atoms. The summed E-state index contributed by atoms with van der Waals surface area (Å²) in [5.41, 5.74) is 2.46. The molecule has 1 saturated heterocycles. The van der Waals surface area contributed by atoms with Gasteiger partial charge in [0.25, 0.3) is 0 Å². The Morgan fingerprint density at radius 3 is 2.52 bits per heavy atom. The highest BCUT2D eigenvalue weighted by atomic mass is 16.2. The SMILES string of the molecule is CC1Nc2ccccc2CC1C(=O)N1[C@H](C)CCC[C@@H]1C. The molecule has 0 spiro atoms. The quantitative estimate of drug-likeness (QED) is 0.857. The number of hydrogen-bond donors (Lipinski definition) is 1. The van der Waals surface area contributed by atoms with Crippen LogP contribution >= 0.6 is 0 Å². The van der Waals surface area contributed by atoms with Crippen LogP contribution in [-0.4, -0.2) is 28.9 Å². The number of rotatable bonds is 1. The minimum Gasteiger partial charge on any atom is -0.382 e. The molecule has 0 bridgehead atoms. The highest BCUT2D eigenvalue weighted by Crippen LogP contribution is 2.32. The maximum atomic E-state index is 13.1. The smallest absolute Gasteiger partial charge is 0.228 e. The standard InChI is InChI=1S/C18H26N2O/c1-12-7-6-8-13(2)20(12)18(21)16-11-15-9-4-5-10-17(15)19-14(16)3/h4-5,9-10,12-14,16,19H,6-8,11H2,1-3H3/t12-,13+,14?,16?. The Kier molecular flexibility index (Phi) is 3.92. The molecule has 2 heterocycles. The third-order valence-corrected chi connectivity index (χ3v) is 5.21. The van der Waals surface area contributed by atoms with Crippen LogP contribution in [0.2, 0.25) is 0 Å². The third kappa shape index (κ3) is 2.66. The van der Waals surface area contributed by atoms with Crippen molar-refractivity contribution in [1.29, 1.82) is 0 Å². The van der Waals surface area contributed by atoms with Crippen LogP contribution in [0.15, 0.2) is 24.3 Å². The van der Waals surface area contributed by atoms with Crippen LogP contribution in [0.4, 0.5) is 5.69 Å². The molecule has 0 aromatic heterocycles. The number of nitrogens with one attached hydrogen (secondary N) is 1. The molecule has 3 nitrogen and oxygen atoms in total. The summed E-state index contributed by atoms with van der Waals surface area (Å²) in [6, 6.07) is 9.32. The number of benzene rings is 1. The zero-order valence-electron chi connectivity index (χ0n) is 13.3. The molecule has 2 aliphatic rings. The lowest BCUT2D eigenvalue weighted by atomic mass is 9.85. The van der Waals surface area contributed by atoms with E-state index in [1.807, 2.05) is 0 Å². The average Bonchev–Trinajstić information content (AvgIpc) is 2.46. The van der Waals surface area contributed by atoms with Gasteiger partial charge in [0, 0.05) is 23.8 Å². The molecular formula is C18H26N2O. The summed E-state index contributed by atoms with van der Waals surface area (Å²) in [4.78, 5) is 15.2. The highest BCUT2D eigenvalue weighted by Gasteiger charge is 2.37. The molecule has 0 saturated carbocycles. The van der Waals surface area contributed by atoms with Gasteiger partial charge in [-0.1, -0.05) is 18.2 Å². The van der Waals surface area contributed by atoms with E-state index in [1.54, 1.807) is 0 Å². The second kappa shape index (κ2) is 5.70. The summed E-state index contributed by atoms with van der Waals surface area (Å²) in [7, 11) is 0. The van der Waals surface area contributed by atoms with Crippen LogP contribution in [0.1, 0.15) is 45.6 Å². The summed E-state index contributed by atoms with van der Waals surface area (Å²) >= 11 is 0. The normalized spacial score (nSPS) is 32.2. The summed E-state index contributed by atoms with van der Waals surface area (Å²) < 4.78 is 0. The second-order valence-corrected chi connectivity index (χ2v) is 6.78. The number of para-hydroxylation sites is 1. The van der Waals surface area contributed by atoms with Crippen molar-refractivity contribution in [3.63, 3.8) is 0 Å². The first-order valence-corrected chi connectivity index (χ1v) is 8.24. The van der Waals surface area contributed by atoms with Gasteiger partial charge in [0.15, 0.2) is 0 Å². The van der Waals surface area contributed by atoms with Crippen molar-refractivity contribution in [1.82, 2.24) is 4.90 Å². The number of nitrogens with zero attached hydrogens (tertiary/aromatic N) is 1. The van der Waals surface area contributed by atoms with Crippen LogP contribution < -0.4 is 5.32 Å². The Morgan fingerprint density at radius 2 is 1.81 bits per heavy atom. The van der Waals surface area contributed by atoms with Crippen LogP contribution in [0.25, 0.3) is 0 Å². The molecule has 4 atom stereocenters. The van der Waals surface area contributed by atoms with E-state index in [1.165, 1.54) is 17.7 Å². The van der Waals surface area contributed by atoms with Crippen LogP contribution in [0.5, 0.6) is 0 Å². The second-order valence-electron chi connectivity index (χ2n) is 6.78. The van der Waals surface area contributed by atoms with Crippen molar-refractivity contribution in [2.24, 2.45) is 5.92 Å². The van der Waals surface area contributed by atoms with Gasteiger partial charge in [-0.2, -0.15) is 0 Å². The number of amides is 1. The zero-order valence-corrected chi connectivity index (χ0v) is 13.3. The number of carbonyl (C=O) groups excluding carboxylic acids is 1. The predicted molar refractivity (Wildman–Crippen MR) is 86.3 cm³/mol. The Balaban J connectivity index is 1.81. The summed E-state index contributed by atoms with van der Waals surface area (Å²) in [6.45, 7) is 6.53. The maximum absolute atomic E-state index is 13.1. The van der Waals surface area contributed by atoms with Gasteiger partial charge in [-0.05, 0) is 58.1 Å². The molecule has 3 heteroatoms. The fourth-order valence-corrected chi connectivity index (χ4v) is 3.95. The first-order valence-electron chi connectivity index (χ1n) is 8.24.